The minimum atomic E-state index is 0. The highest BCUT2D eigenvalue weighted by molar-refractivity contribution is 14.0. The molecule has 0 saturated carbocycles. The zero-order valence-corrected chi connectivity index (χ0v) is 17.6. The molecule has 0 aliphatic heterocycles. The molecule has 138 valence electrons. The van der Waals surface area contributed by atoms with Crippen molar-refractivity contribution in [3.8, 4) is 0 Å². The first-order chi connectivity index (χ1) is 12.3. The van der Waals surface area contributed by atoms with Crippen LogP contribution in [0.3, 0.4) is 0 Å². The number of nitrogens with one attached hydrogen (secondary N) is 2. The fraction of sp³-hybridized carbons (Fsp3) is 0.300. The second-order valence-electron chi connectivity index (χ2n) is 6.07. The summed E-state index contributed by atoms with van der Waals surface area (Å²) in [5.74, 6) is 0.830. The van der Waals surface area contributed by atoms with Gasteiger partial charge in [-0.2, -0.15) is 0 Å². The van der Waals surface area contributed by atoms with Gasteiger partial charge < -0.3 is 15.0 Å². The first-order valence-electron chi connectivity index (χ1n) is 8.68. The van der Waals surface area contributed by atoms with Crippen LogP contribution in [0.25, 0.3) is 5.65 Å². The quantitative estimate of drug-likeness (QED) is 0.336. The number of hydrogen-bond acceptors (Lipinski definition) is 2. The SMILES string of the molecule is CN=C(NCCc1ccccc1)NCCc1cn2cccc(C)c2n1.I. The summed E-state index contributed by atoms with van der Waals surface area (Å²) in [6, 6.07) is 14.6. The Balaban J connectivity index is 0.00000243. The highest BCUT2D eigenvalue weighted by Gasteiger charge is 2.04. The van der Waals surface area contributed by atoms with Crippen molar-refractivity contribution in [2.45, 2.75) is 19.8 Å². The molecule has 0 aliphatic rings. The molecule has 0 aliphatic carbocycles. The zero-order chi connectivity index (χ0) is 17.5. The maximum Gasteiger partial charge on any atom is 0.190 e. The Morgan fingerprint density at radius 1 is 1.04 bits per heavy atom. The van der Waals surface area contributed by atoms with Gasteiger partial charge in [0.15, 0.2) is 5.96 Å². The van der Waals surface area contributed by atoms with E-state index in [1.807, 2.05) is 18.3 Å². The Morgan fingerprint density at radius 2 is 1.77 bits per heavy atom. The number of halogens is 1. The van der Waals surface area contributed by atoms with Crippen molar-refractivity contribution in [3.05, 3.63) is 71.7 Å². The van der Waals surface area contributed by atoms with E-state index < -0.39 is 0 Å². The molecule has 0 bridgehead atoms. The molecule has 3 rings (SSSR count). The van der Waals surface area contributed by atoms with Crippen molar-refractivity contribution in [1.29, 1.82) is 0 Å². The molecule has 0 atom stereocenters. The lowest BCUT2D eigenvalue weighted by atomic mass is 10.1. The van der Waals surface area contributed by atoms with E-state index >= 15 is 0 Å². The van der Waals surface area contributed by atoms with Gasteiger partial charge in [0, 0.05) is 39.0 Å². The van der Waals surface area contributed by atoms with Gasteiger partial charge in [-0.05, 0) is 30.5 Å². The molecule has 2 N–H and O–H groups in total. The Bertz CT molecular complexity index is 842. The largest absolute Gasteiger partial charge is 0.356 e. The number of aryl methyl sites for hydroxylation is 1. The lowest BCUT2D eigenvalue weighted by Crippen LogP contribution is -2.39. The summed E-state index contributed by atoms with van der Waals surface area (Å²) >= 11 is 0. The molecule has 0 radical (unpaired) electrons. The number of hydrogen-bond donors (Lipinski definition) is 2. The van der Waals surface area contributed by atoms with Crippen molar-refractivity contribution in [2.75, 3.05) is 20.1 Å². The minimum absolute atomic E-state index is 0. The van der Waals surface area contributed by atoms with Gasteiger partial charge >= 0.3 is 0 Å². The number of nitrogens with zero attached hydrogens (tertiary/aromatic N) is 3. The van der Waals surface area contributed by atoms with Crippen molar-refractivity contribution in [1.82, 2.24) is 20.0 Å². The average molecular weight is 463 g/mol. The van der Waals surface area contributed by atoms with Gasteiger partial charge in [0.05, 0.1) is 5.69 Å². The number of aromatic nitrogens is 2. The van der Waals surface area contributed by atoms with Crippen molar-refractivity contribution < 1.29 is 0 Å². The summed E-state index contributed by atoms with van der Waals surface area (Å²) < 4.78 is 2.08. The lowest BCUT2D eigenvalue weighted by molar-refractivity contribution is 0.778. The number of guanidine groups is 1. The molecule has 0 amide bonds. The van der Waals surface area contributed by atoms with E-state index in [-0.39, 0.29) is 24.0 Å². The Labute approximate surface area is 172 Å². The lowest BCUT2D eigenvalue weighted by Gasteiger charge is -2.11. The first kappa shape index (κ1) is 20.2. The summed E-state index contributed by atoms with van der Waals surface area (Å²) in [4.78, 5) is 8.98. The molecule has 0 spiro atoms. The van der Waals surface area contributed by atoms with E-state index in [0.29, 0.717) is 0 Å². The third-order valence-corrected chi connectivity index (χ3v) is 4.17. The van der Waals surface area contributed by atoms with Gasteiger partial charge in [-0.1, -0.05) is 36.4 Å². The summed E-state index contributed by atoms with van der Waals surface area (Å²) in [6.07, 6.45) is 5.97. The minimum Gasteiger partial charge on any atom is -0.356 e. The number of benzene rings is 1. The van der Waals surface area contributed by atoms with Gasteiger partial charge in [0.25, 0.3) is 0 Å². The van der Waals surface area contributed by atoms with Crippen LogP contribution in [-0.2, 0) is 12.8 Å². The molecule has 0 saturated heterocycles. The van der Waals surface area contributed by atoms with Crippen LogP contribution >= 0.6 is 24.0 Å². The number of imidazole rings is 1. The van der Waals surface area contributed by atoms with E-state index in [2.05, 4.69) is 63.5 Å². The Hall–Kier alpha value is -2.09. The van der Waals surface area contributed by atoms with Crippen LogP contribution in [0, 0.1) is 6.92 Å². The molecule has 1 aromatic carbocycles. The van der Waals surface area contributed by atoms with E-state index in [1.54, 1.807) is 7.05 Å². The summed E-state index contributed by atoms with van der Waals surface area (Å²) in [6.45, 7) is 3.74. The number of fused-ring (bicyclic) bond motifs is 1. The monoisotopic (exact) mass is 463 g/mol. The highest BCUT2D eigenvalue weighted by atomic mass is 127. The fourth-order valence-electron chi connectivity index (χ4n) is 2.82. The molecule has 2 aromatic heterocycles. The number of aliphatic imine (C=N–C) groups is 1. The van der Waals surface area contributed by atoms with Gasteiger partial charge in [0.1, 0.15) is 5.65 Å². The second-order valence-corrected chi connectivity index (χ2v) is 6.07. The smallest absolute Gasteiger partial charge is 0.190 e. The molecule has 6 heteroatoms. The zero-order valence-electron chi connectivity index (χ0n) is 15.3. The van der Waals surface area contributed by atoms with Crippen molar-refractivity contribution in [2.24, 2.45) is 4.99 Å². The number of rotatable bonds is 6. The van der Waals surface area contributed by atoms with Gasteiger partial charge in [-0.25, -0.2) is 4.98 Å². The maximum atomic E-state index is 4.70. The Morgan fingerprint density at radius 3 is 2.46 bits per heavy atom. The number of pyridine rings is 1. The molecular formula is C20H26IN5. The molecular weight excluding hydrogens is 437 g/mol. The predicted molar refractivity (Wildman–Crippen MR) is 119 cm³/mol. The van der Waals surface area contributed by atoms with E-state index in [4.69, 9.17) is 4.98 Å². The molecule has 0 unspecified atom stereocenters. The van der Waals surface area contributed by atoms with E-state index in [0.717, 1.165) is 43.2 Å². The first-order valence-corrected chi connectivity index (χ1v) is 8.68. The van der Waals surface area contributed by atoms with Crippen LogP contribution in [0.5, 0.6) is 0 Å². The van der Waals surface area contributed by atoms with Crippen LogP contribution < -0.4 is 10.6 Å². The molecule has 26 heavy (non-hydrogen) atoms. The summed E-state index contributed by atoms with van der Waals surface area (Å²) in [5.41, 5.74) is 4.63. The second kappa shape index (κ2) is 10.2. The molecule has 2 heterocycles. The molecule has 3 aromatic rings. The van der Waals surface area contributed by atoms with Crippen LogP contribution in [0.1, 0.15) is 16.8 Å². The van der Waals surface area contributed by atoms with Crippen molar-refractivity contribution in [3.63, 3.8) is 0 Å². The fourth-order valence-corrected chi connectivity index (χ4v) is 2.82. The van der Waals surface area contributed by atoms with E-state index in [1.165, 1.54) is 11.1 Å². The summed E-state index contributed by atoms with van der Waals surface area (Å²) in [7, 11) is 1.80. The molecule has 0 fully saturated rings. The standard InChI is InChI=1S/C20H25N5.HI/c1-16-7-6-14-25-15-18(24-19(16)25)11-13-23-20(21-2)22-12-10-17-8-4-3-5-9-17;/h3-9,14-15H,10-13H2,1-2H3,(H2,21,22,23);1H. The van der Waals surface area contributed by atoms with Crippen LogP contribution in [0.15, 0.2) is 59.9 Å². The van der Waals surface area contributed by atoms with Gasteiger partial charge in [-0.15, -0.1) is 24.0 Å². The average Bonchev–Trinajstić information content (AvgIpc) is 3.06. The van der Waals surface area contributed by atoms with Crippen LogP contribution in [0.4, 0.5) is 0 Å². The van der Waals surface area contributed by atoms with E-state index in [9.17, 15) is 0 Å². The Kier molecular flexibility index (Phi) is 7.90. The van der Waals surface area contributed by atoms with Crippen LogP contribution in [-0.4, -0.2) is 35.5 Å². The normalized spacial score (nSPS) is 11.2. The maximum absolute atomic E-state index is 4.70. The summed E-state index contributed by atoms with van der Waals surface area (Å²) in [5, 5.41) is 6.71. The van der Waals surface area contributed by atoms with Crippen molar-refractivity contribution >= 4 is 35.6 Å². The third-order valence-electron chi connectivity index (χ3n) is 4.17. The third kappa shape index (κ3) is 5.45. The topological polar surface area (TPSA) is 53.7 Å². The van der Waals surface area contributed by atoms with Crippen LogP contribution in [0.2, 0.25) is 0 Å². The molecule has 5 nitrogen and oxygen atoms in total. The predicted octanol–water partition coefficient (Wildman–Crippen LogP) is 3.21. The van der Waals surface area contributed by atoms with Gasteiger partial charge in [-0.3, -0.25) is 4.99 Å². The highest BCUT2D eigenvalue weighted by Crippen LogP contribution is 2.09. The van der Waals surface area contributed by atoms with Gasteiger partial charge in [0.2, 0.25) is 0 Å².